The SMILES string of the molecule is C[C@@H]1CN(CCCNC(=O)c2nn(-c3ccccc3)c(=O)c3ccccc23)C[C@@H](C)O1. The van der Waals surface area contributed by atoms with Crippen LogP contribution in [-0.2, 0) is 4.74 Å². The standard InChI is InChI=1S/C24H28N4O3/c1-17-15-27(16-18(2)31-17)14-8-13-25-23(29)22-20-11-6-7-12-21(20)24(30)28(26-22)19-9-4-3-5-10-19/h3-7,9-12,17-18H,8,13-16H2,1-2H3,(H,25,29)/t17-,18-/m1/s1. The summed E-state index contributed by atoms with van der Waals surface area (Å²) in [6.07, 6.45) is 1.29. The Morgan fingerprint density at radius 1 is 1.03 bits per heavy atom. The van der Waals surface area contributed by atoms with E-state index in [4.69, 9.17) is 4.74 Å². The number of rotatable bonds is 6. The maximum atomic E-state index is 13.0. The van der Waals surface area contributed by atoms with Crippen molar-refractivity contribution in [2.24, 2.45) is 0 Å². The topological polar surface area (TPSA) is 76.5 Å². The number of carbonyl (C=O) groups is 1. The maximum Gasteiger partial charge on any atom is 0.279 e. The van der Waals surface area contributed by atoms with E-state index >= 15 is 0 Å². The lowest BCUT2D eigenvalue weighted by molar-refractivity contribution is -0.0680. The number of hydrogen-bond acceptors (Lipinski definition) is 5. The number of nitrogens with zero attached hydrogens (tertiary/aromatic N) is 3. The molecule has 3 aromatic rings. The van der Waals surface area contributed by atoms with Gasteiger partial charge in [0.05, 0.1) is 23.3 Å². The molecule has 0 radical (unpaired) electrons. The van der Waals surface area contributed by atoms with Gasteiger partial charge in [0.2, 0.25) is 0 Å². The first-order valence-electron chi connectivity index (χ1n) is 10.8. The Hall–Kier alpha value is -3.03. The van der Waals surface area contributed by atoms with Crippen molar-refractivity contribution in [3.63, 3.8) is 0 Å². The predicted molar refractivity (Wildman–Crippen MR) is 121 cm³/mol. The minimum atomic E-state index is -0.274. The molecule has 2 heterocycles. The highest BCUT2D eigenvalue weighted by molar-refractivity contribution is 6.04. The Bertz CT molecular complexity index is 1100. The number of carbonyl (C=O) groups excluding carboxylic acids is 1. The van der Waals surface area contributed by atoms with Crippen LogP contribution in [0.4, 0.5) is 0 Å². The van der Waals surface area contributed by atoms with E-state index in [0.29, 0.717) is 23.0 Å². The van der Waals surface area contributed by atoms with Gasteiger partial charge in [-0.3, -0.25) is 14.5 Å². The molecule has 1 aromatic heterocycles. The highest BCUT2D eigenvalue weighted by Gasteiger charge is 2.22. The molecule has 0 saturated carbocycles. The number of hydrogen-bond donors (Lipinski definition) is 1. The van der Waals surface area contributed by atoms with E-state index in [1.54, 1.807) is 30.3 Å². The minimum Gasteiger partial charge on any atom is -0.373 e. The molecule has 2 atom stereocenters. The van der Waals surface area contributed by atoms with E-state index < -0.39 is 0 Å². The number of benzene rings is 2. The number of fused-ring (bicyclic) bond motifs is 1. The van der Waals surface area contributed by atoms with E-state index in [2.05, 4.69) is 29.2 Å². The monoisotopic (exact) mass is 420 g/mol. The fraction of sp³-hybridized carbons (Fsp3) is 0.375. The molecule has 1 aliphatic rings. The van der Waals surface area contributed by atoms with Gasteiger partial charge in [-0.05, 0) is 38.5 Å². The normalized spacial score (nSPS) is 19.4. The van der Waals surface area contributed by atoms with E-state index in [1.165, 1.54) is 4.68 Å². The summed E-state index contributed by atoms with van der Waals surface area (Å²) < 4.78 is 7.07. The second-order valence-corrected chi connectivity index (χ2v) is 8.07. The van der Waals surface area contributed by atoms with Crippen LogP contribution in [0.3, 0.4) is 0 Å². The van der Waals surface area contributed by atoms with Crippen molar-refractivity contribution < 1.29 is 9.53 Å². The van der Waals surface area contributed by atoms with E-state index in [1.807, 2.05) is 24.3 Å². The molecule has 0 spiro atoms. The molecule has 162 valence electrons. The summed E-state index contributed by atoms with van der Waals surface area (Å²) in [6, 6.07) is 16.3. The van der Waals surface area contributed by atoms with Gasteiger partial charge in [-0.15, -0.1) is 0 Å². The van der Waals surface area contributed by atoms with Gasteiger partial charge in [0, 0.05) is 31.6 Å². The lowest BCUT2D eigenvalue weighted by Crippen LogP contribution is -2.46. The van der Waals surface area contributed by atoms with Gasteiger partial charge >= 0.3 is 0 Å². The molecule has 1 amide bonds. The molecule has 0 aliphatic carbocycles. The average Bonchev–Trinajstić information content (AvgIpc) is 2.77. The molecule has 1 aliphatic heterocycles. The van der Waals surface area contributed by atoms with E-state index in [-0.39, 0.29) is 29.4 Å². The quantitative estimate of drug-likeness (QED) is 0.621. The number of ether oxygens (including phenoxy) is 1. The first kappa shape index (κ1) is 21.2. The van der Waals surface area contributed by atoms with Gasteiger partial charge in [0.15, 0.2) is 5.69 Å². The van der Waals surface area contributed by atoms with Crippen molar-refractivity contribution in [3.05, 3.63) is 70.6 Å². The molecular formula is C24H28N4O3. The summed E-state index contributed by atoms with van der Waals surface area (Å²) in [6.45, 7) is 7.43. The third-order valence-corrected chi connectivity index (χ3v) is 5.45. The van der Waals surface area contributed by atoms with E-state index in [9.17, 15) is 9.59 Å². The largest absolute Gasteiger partial charge is 0.373 e. The third kappa shape index (κ3) is 4.84. The molecule has 2 aromatic carbocycles. The summed E-state index contributed by atoms with van der Waals surface area (Å²) >= 11 is 0. The Kier molecular flexibility index (Phi) is 6.44. The first-order chi connectivity index (χ1) is 15.0. The second kappa shape index (κ2) is 9.41. The van der Waals surface area contributed by atoms with Crippen molar-refractivity contribution >= 4 is 16.7 Å². The molecular weight excluding hydrogens is 392 g/mol. The fourth-order valence-corrected chi connectivity index (χ4v) is 4.16. The molecule has 1 fully saturated rings. The molecule has 0 bridgehead atoms. The van der Waals surface area contributed by atoms with Crippen LogP contribution < -0.4 is 10.9 Å². The Morgan fingerprint density at radius 2 is 1.68 bits per heavy atom. The number of amides is 1. The zero-order chi connectivity index (χ0) is 21.8. The summed E-state index contributed by atoms with van der Waals surface area (Å²) in [5.74, 6) is -0.274. The zero-order valence-electron chi connectivity index (χ0n) is 18.0. The number of nitrogens with one attached hydrogen (secondary N) is 1. The number of aromatic nitrogens is 2. The third-order valence-electron chi connectivity index (χ3n) is 5.45. The van der Waals surface area contributed by atoms with Gasteiger partial charge in [0.25, 0.3) is 11.5 Å². The van der Waals surface area contributed by atoms with Gasteiger partial charge < -0.3 is 10.1 Å². The van der Waals surface area contributed by atoms with Crippen molar-refractivity contribution in [1.82, 2.24) is 20.0 Å². The molecule has 1 N–H and O–H groups in total. The molecule has 31 heavy (non-hydrogen) atoms. The second-order valence-electron chi connectivity index (χ2n) is 8.07. The van der Waals surface area contributed by atoms with Crippen LogP contribution in [0.1, 0.15) is 30.8 Å². The smallest absolute Gasteiger partial charge is 0.279 e. The first-order valence-corrected chi connectivity index (χ1v) is 10.8. The number of para-hydroxylation sites is 1. The van der Waals surface area contributed by atoms with Gasteiger partial charge in [-0.1, -0.05) is 36.4 Å². The van der Waals surface area contributed by atoms with Crippen molar-refractivity contribution in [2.75, 3.05) is 26.2 Å². The van der Waals surface area contributed by atoms with Crippen LogP contribution in [0.5, 0.6) is 0 Å². The Morgan fingerprint density at radius 3 is 2.39 bits per heavy atom. The van der Waals surface area contributed by atoms with Crippen LogP contribution in [-0.4, -0.2) is 59.0 Å². The minimum absolute atomic E-state index is 0.230. The fourth-order valence-electron chi connectivity index (χ4n) is 4.16. The summed E-state index contributed by atoms with van der Waals surface area (Å²) in [4.78, 5) is 28.3. The lowest BCUT2D eigenvalue weighted by atomic mass is 10.1. The van der Waals surface area contributed by atoms with Crippen LogP contribution >= 0.6 is 0 Å². The lowest BCUT2D eigenvalue weighted by Gasteiger charge is -2.35. The number of morpholine rings is 1. The highest BCUT2D eigenvalue weighted by Crippen LogP contribution is 2.15. The van der Waals surface area contributed by atoms with Gasteiger partial charge in [-0.25, -0.2) is 0 Å². The van der Waals surface area contributed by atoms with E-state index in [0.717, 1.165) is 26.1 Å². The average molecular weight is 421 g/mol. The van der Waals surface area contributed by atoms with Crippen LogP contribution in [0, 0.1) is 0 Å². The van der Waals surface area contributed by atoms with Crippen molar-refractivity contribution in [2.45, 2.75) is 32.5 Å². The molecule has 0 unspecified atom stereocenters. The predicted octanol–water partition coefficient (Wildman–Crippen LogP) is 2.61. The molecule has 7 heteroatoms. The van der Waals surface area contributed by atoms with Crippen LogP contribution in [0.15, 0.2) is 59.4 Å². The van der Waals surface area contributed by atoms with Gasteiger partial charge in [0.1, 0.15) is 0 Å². The molecule has 1 saturated heterocycles. The molecule has 4 rings (SSSR count). The van der Waals surface area contributed by atoms with Crippen molar-refractivity contribution in [3.8, 4) is 5.69 Å². The summed E-state index contributed by atoms with van der Waals surface area (Å²) in [7, 11) is 0. The molecule has 7 nitrogen and oxygen atoms in total. The summed E-state index contributed by atoms with van der Waals surface area (Å²) in [5, 5.41) is 8.44. The van der Waals surface area contributed by atoms with Crippen LogP contribution in [0.2, 0.25) is 0 Å². The van der Waals surface area contributed by atoms with Gasteiger partial charge in [-0.2, -0.15) is 9.78 Å². The van der Waals surface area contributed by atoms with Crippen LogP contribution in [0.25, 0.3) is 16.5 Å². The Labute approximate surface area is 181 Å². The zero-order valence-corrected chi connectivity index (χ0v) is 18.0. The Balaban J connectivity index is 1.50. The maximum absolute atomic E-state index is 13.0. The van der Waals surface area contributed by atoms with Crippen molar-refractivity contribution in [1.29, 1.82) is 0 Å². The summed E-state index contributed by atoms with van der Waals surface area (Å²) in [5.41, 5.74) is 0.643. The highest BCUT2D eigenvalue weighted by atomic mass is 16.5.